The molecule has 9 nitrogen and oxygen atoms in total. The van der Waals surface area contributed by atoms with Gasteiger partial charge in [0.1, 0.15) is 0 Å². The van der Waals surface area contributed by atoms with E-state index in [-0.39, 0.29) is 54.7 Å². The number of unbranched alkanes of at least 4 members (excludes halogenated alkanes) is 1. The van der Waals surface area contributed by atoms with Crippen LogP contribution in [0.4, 0.5) is 0 Å². The summed E-state index contributed by atoms with van der Waals surface area (Å²) in [4.78, 5) is 34.7. The maximum atomic E-state index is 11.9. The summed E-state index contributed by atoms with van der Waals surface area (Å²) in [5, 5.41) is 13.8. The summed E-state index contributed by atoms with van der Waals surface area (Å²) < 4.78 is 0. The Hall–Kier alpha value is -2.36. The maximum absolute atomic E-state index is 11.9. The number of nitrogens with zero attached hydrogens (tertiary/aromatic N) is 6. The first kappa shape index (κ1) is 29.7. The standard InChI is InChI=1S/C24H34N6O3.Na/c1-3-4-15-23(29(26-32)17-16-21-11-7-5-8-12-21)20-30(27-33)24(19-28(2)25-31)18-22-13-9-6-10-14-22;/h5-14,23-24H,3-4,15-20H2,1-2H3;/q;+1/t23-,24+;/m1./s1. The number of hydrogen-bond acceptors (Lipinski definition) is 6. The van der Waals surface area contributed by atoms with Crippen LogP contribution in [0, 0.1) is 14.7 Å². The predicted molar refractivity (Wildman–Crippen MR) is 131 cm³/mol. The normalized spacial score (nSPS) is 12.1. The molecule has 0 N–H and O–H groups in total. The molecule has 2 aromatic carbocycles. The fourth-order valence-electron chi connectivity index (χ4n) is 3.91. The van der Waals surface area contributed by atoms with Crippen molar-refractivity contribution in [3.8, 4) is 0 Å². The Balaban J connectivity index is 0.00000578. The van der Waals surface area contributed by atoms with Crippen molar-refractivity contribution < 1.29 is 29.6 Å². The van der Waals surface area contributed by atoms with Crippen molar-refractivity contribution in [2.75, 3.05) is 26.7 Å². The summed E-state index contributed by atoms with van der Waals surface area (Å²) in [5.74, 6) is 0. The van der Waals surface area contributed by atoms with Crippen molar-refractivity contribution in [2.45, 2.75) is 51.1 Å². The van der Waals surface area contributed by atoms with Gasteiger partial charge in [-0.2, -0.15) is 0 Å². The van der Waals surface area contributed by atoms with Crippen LogP contribution in [0.3, 0.4) is 0 Å². The minimum absolute atomic E-state index is 0. The van der Waals surface area contributed by atoms with Crippen molar-refractivity contribution in [3.63, 3.8) is 0 Å². The minimum atomic E-state index is -0.376. The summed E-state index contributed by atoms with van der Waals surface area (Å²) >= 11 is 0. The van der Waals surface area contributed by atoms with Crippen molar-refractivity contribution in [1.82, 2.24) is 15.0 Å². The molecule has 0 amide bonds. The Morgan fingerprint density at radius 3 is 1.88 bits per heavy atom. The first-order chi connectivity index (χ1) is 16.1. The molecule has 0 radical (unpaired) electrons. The van der Waals surface area contributed by atoms with Gasteiger partial charge in [0.2, 0.25) is 0 Å². The molecule has 0 saturated heterocycles. The SMILES string of the molecule is CCCC[C@H](CN(N=O)[C@@H](Cc1ccccc1)CN(C)N=O)N(CCc1ccccc1)N=O.[Na+]. The molecule has 178 valence electrons. The number of likely N-dealkylation sites (N-methyl/N-ethyl adjacent to an activating group) is 1. The Kier molecular flexibility index (Phi) is 14.9. The summed E-state index contributed by atoms with van der Waals surface area (Å²) in [6.07, 6.45) is 3.76. The average Bonchev–Trinajstić information content (AvgIpc) is 2.86. The van der Waals surface area contributed by atoms with Crippen LogP contribution in [0.1, 0.15) is 37.3 Å². The zero-order valence-corrected chi connectivity index (χ0v) is 22.5. The predicted octanol–water partition coefficient (Wildman–Crippen LogP) is 1.98. The van der Waals surface area contributed by atoms with Gasteiger partial charge < -0.3 is 0 Å². The second-order valence-electron chi connectivity index (χ2n) is 8.25. The van der Waals surface area contributed by atoms with Crippen LogP contribution in [0.2, 0.25) is 0 Å². The number of benzene rings is 2. The van der Waals surface area contributed by atoms with E-state index in [0.29, 0.717) is 25.8 Å². The van der Waals surface area contributed by atoms with Crippen LogP contribution in [0.25, 0.3) is 0 Å². The van der Waals surface area contributed by atoms with Crippen LogP contribution in [0.5, 0.6) is 0 Å². The first-order valence-corrected chi connectivity index (χ1v) is 11.4. The quantitative estimate of drug-likeness (QED) is 0.196. The molecule has 2 aromatic rings. The molecular formula is C24H34N6NaO3+. The number of rotatable bonds is 17. The third-order valence-corrected chi connectivity index (χ3v) is 5.74. The van der Waals surface area contributed by atoms with Gasteiger partial charge in [-0.3, -0.25) is 15.0 Å². The van der Waals surface area contributed by atoms with Crippen LogP contribution >= 0.6 is 0 Å². The van der Waals surface area contributed by atoms with Crippen molar-refractivity contribution >= 4 is 0 Å². The molecule has 2 rings (SSSR count). The van der Waals surface area contributed by atoms with Gasteiger partial charge in [0.05, 0.1) is 41.0 Å². The van der Waals surface area contributed by atoms with E-state index in [2.05, 4.69) is 22.8 Å². The van der Waals surface area contributed by atoms with Crippen LogP contribution in [-0.2, 0) is 12.8 Å². The molecule has 34 heavy (non-hydrogen) atoms. The fraction of sp³-hybridized carbons (Fsp3) is 0.500. The van der Waals surface area contributed by atoms with Gasteiger partial charge in [-0.1, -0.05) is 80.4 Å². The molecule has 0 spiro atoms. The van der Waals surface area contributed by atoms with Gasteiger partial charge in [0, 0.05) is 13.6 Å². The number of hydrogen-bond donors (Lipinski definition) is 0. The molecule has 0 aromatic heterocycles. The van der Waals surface area contributed by atoms with E-state index in [9.17, 15) is 14.7 Å². The first-order valence-electron chi connectivity index (χ1n) is 11.4. The Labute approximate surface area is 224 Å². The second kappa shape index (κ2) is 17.1. The van der Waals surface area contributed by atoms with E-state index in [1.54, 1.807) is 7.05 Å². The third-order valence-electron chi connectivity index (χ3n) is 5.74. The van der Waals surface area contributed by atoms with E-state index in [1.807, 2.05) is 60.7 Å². The third kappa shape index (κ3) is 10.3. The van der Waals surface area contributed by atoms with Gasteiger partial charge in [0.15, 0.2) is 0 Å². The van der Waals surface area contributed by atoms with Crippen LogP contribution in [0.15, 0.2) is 76.5 Å². The van der Waals surface area contributed by atoms with Gasteiger partial charge >= 0.3 is 29.6 Å². The smallest absolute Gasteiger partial charge is 0.262 e. The van der Waals surface area contributed by atoms with Crippen LogP contribution in [-0.4, -0.2) is 53.8 Å². The topological polar surface area (TPSA) is 98.0 Å². The molecule has 0 saturated carbocycles. The Bertz CT molecular complexity index is 830. The Morgan fingerprint density at radius 2 is 1.35 bits per heavy atom. The maximum Gasteiger partial charge on any atom is 1.00 e. The zero-order chi connectivity index (χ0) is 23.9. The molecule has 0 unspecified atom stereocenters. The second-order valence-corrected chi connectivity index (χ2v) is 8.25. The molecule has 0 bridgehead atoms. The van der Waals surface area contributed by atoms with Gasteiger partial charge in [-0.15, -0.1) is 14.7 Å². The average molecular weight is 478 g/mol. The minimum Gasteiger partial charge on any atom is -0.262 e. The molecule has 0 fully saturated rings. The molecule has 0 aliphatic rings. The van der Waals surface area contributed by atoms with Crippen LogP contribution < -0.4 is 29.6 Å². The van der Waals surface area contributed by atoms with E-state index in [0.717, 1.165) is 24.0 Å². The molecule has 0 aliphatic carbocycles. The van der Waals surface area contributed by atoms with Gasteiger partial charge in [-0.25, -0.2) is 0 Å². The van der Waals surface area contributed by atoms with Crippen molar-refractivity contribution in [1.29, 1.82) is 0 Å². The van der Waals surface area contributed by atoms with Crippen molar-refractivity contribution in [2.24, 2.45) is 15.9 Å². The molecule has 0 heterocycles. The van der Waals surface area contributed by atoms with E-state index in [1.165, 1.54) is 15.0 Å². The summed E-state index contributed by atoms with van der Waals surface area (Å²) in [6, 6.07) is 19.0. The fourth-order valence-corrected chi connectivity index (χ4v) is 3.91. The number of nitroso groups, excluding NO2 is 3. The molecule has 0 aliphatic heterocycles. The van der Waals surface area contributed by atoms with E-state index in [4.69, 9.17) is 0 Å². The Morgan fingerprint density at radius 1 is 0.765 bits per heavy atom. The molecule has 10 heteroatoms. The van der Waals surface area contributed by atoms with Crippen molar-refractivity contribution in [3.05, 3.63) is 86.5 Å². The van der Waals surface area contributed by atoms with E-state index >= 15 is 0 Å². The van der Waals surface area contributed by atoms with Gasteiger partial charge in [0.25, 0.3) is 0 Å². The van der Waals surface area contributed by atoms with E-state index < -0.39 is 0 Å². The summed E-state index contributed by atoms with van der Waals surface area (Å²) in [5.41, 5.74) is 2.14. The summed E-state index contributed by atoms with van der Waals surface area (Å²) in [7, 11) is 1.57. The summed E-state index contributed by atoms with van der Waals surface area (Å²) in [6.45, 7) is 3.02. The molecular weight excluding hydrogens is 443 g/mol. The molecule has 2 atom stereocenters. The monoisotopic (exact) mass is 477 g/mol. The zero-order valence-electron chi connectivity index (χ0n) is 20.5. The van der Waals surface area contributed by atoms with Gasteiger partial charge in [-0.05, 0) is 30.4 Å². The largest absolute Gasteiger partial charge is 1.00 e.